The fraction of sp³-hybridized carbons (Fsp3) is 0.429. The van der Waals surface area contributed by atoms with E-state index in [2.05, 4.69) is 27.0 Å². The van der Waals surface area contributed by atoms with E-state index in [-0.39, 0.29) is 5.91 Å². The van der Waals surface area contributed by atoms with Gasteiger partial charge in [-0.25, -0.2) is 0 Å². The van der Waals surface area contributed by atoms with Gasteiger partial charge >= 0.3 is 0 Å². The quantitative estimate of drug-likeness (QED) is 0.581. The van der Waals surface area contributed by atoms with Crippen LogP contribution in [0.3, 0.4) is 0 Å². The molecule has 0 aliphatic heterocycles. The van der Waals surface area contributed by atoms with Gasteiger partial charge in [0.2, 0.25) is 0 Å². The summed E-state index contributed by atoms with van der Waals surface area (Å²) >= 11 is 0. The predicted octanol–water partition coefficient (Wildman–Crippen LogP) is 0.0733. The van der Waals surface area contributed by atoms with Crippen molar-refractivity contribution in [1.29, 1.82) is 0 Å². The van der Waals surface area contributed by atoms with Gasteiger partial charge in [0.05, 0.1) is 12.1 Å². The first-order valence-corrected chi connectivity index (χ1v) is 6.20. The predicted molar refractivity (Wildman–Crippen MR) is 75.7 cm³/mol. The van der Waals surface area contributed by atoms with E-state index in [1.165, 1.54) is 6.20 Å². The summed E-state index contributed by atoms with van der Waals surface area (Å²) in [7, 11) is 4.01. The van der Waals surface area contributed by atoms with Crippen LogP contribution in [0.25, 0.3) is 0 Å². The zero-order valence-corrected chi connectivity index (χ0v) is 11.4. The van der Waals surface area contributed by atoms with Crippen molar-refractivity contribution >= 4 is 5.91 Å². The van der Waals surface area contributed by atoms with E-state index in [4.69, 9.17) is 5.73 Å². The smallest absolute Gasteiger partial charge is 0.252 e. The van der Waals surface area contributed by atoms with Crippen LogP contribution in [0.1, 0.15) is 22.3 Å². The Balaban J connectivity index is 2.52. The highest BCUT2D eigenvalue weighted by atomic mass is 16.1. The number of carbonyl (C=O) groups excluding carboxylic acids is 1. The third-order valence-corrected chi connectivity index (χ3v) is 2.40. The molecule has 5 nitrogen and oxygen atoms in total. The molecule has 1 aromatic heterocycles. The van der Waals surface area contributed by atoms with Crippen LogP contribution < -0.4 is 11.1 Å². The van der Waals surface area contributed by atoms with Gasteiger partial charge in [0.1, 0.15) is 0 Å². The molecule has 0 bridgehead atoms. The molecule has 0 aliphatic rings. The molecular weight excluding hydrogens is 240 g/mol. The van der Waals surface area contributed by atoms with Crippen LogP contribution in [-0.4, -0.2) is 49.5 Å². The van der Waals surface area contributed by atoms with Crippen molar-refractivity contribution in [3.8, 4) is 11.8 Å². The first-order chi connectivity index (χ1) is 9.13. The van der Waals surface area contributed by atoms with Crippen LogP contribution in [0.4, 0.5) is 0 Å². The number of hydrogen-bond donors (Lipinski definition) is 2. The number of hydrogen-bond acceptors (Lipinski definition) is 4. The Hall–Kier alpha value is -1.90. The highest BCUT2D eigenvalue weighted by Gasteiger charge is 2.05. The lowest BCUT2D eigenvalue weighted by molar-refractivity contribution is 0.0952. The fourth-order valence-corrected chi connectivity index (χ4v) is 1.48. The summed E-state index contributed by atoms with van der Waals surface area (Å²) in [6, 6.07) is 1.72. The zero-order valence-electron chi connectivity index (χ0n) is 11.4. The molecule has 1 heterocycles. The van der Waals surface area contributed by atoms with E-state index in [0.29, 0.717) is 24.2 Å². The highest BCUT2D eigenvalue weighted by Crippen LogP contribution is 2.01. The number of nitrogens with two attached hydrogens (primary N) is 1. The third-order valence-electron chi connectivity index (χ3n) is 2.40. The maximum atomic E-state index is 11.9. The van der Waals surface area contributed by atoms with Crippen LogP contribution >= 0.6 is 0 Å². The molecule has 0 atom stereocenters. The average Bonchev–Trinajstić information content (AvgIpc) is 2.41. The summed E-state index contributed by atoms with van der Waals surface area (Å²) in [4.78, 5) is 18.0. The largest absolute Gasteiger partial charge is 0.352 e. The van der Waals surface area contributed by atoms with Crippen molar-refractivity contribution in [2.24, 2.45) is 5.73 Å². The molecule has 0 radical (unpaired) electrons. The molecule has 1 aromatic rings. The number of carbonyl (C=O) groups is 1. The number of amides is 1. The molecule has 1 rings (SSSR count). The maximum absolute atomic E-state index is 11.9. The van der Waals surface area contributed by atoms with E-state index in [1.807, 2.05) is 14.1 Å². The van der Waals surface area contributed by atoms with Crippen LogP contribution in [0.15, 0.2) is 18.5 Å². The van der Waals surface area contributed by atoms with Crippen molar-refractivity contribution in [2.75, 3.05) is 33.7 Å². The Morgan fingerprint density at radius 3 is 2.95 bits per heavy atom. The summed E-state index contributed by atoms with van der Waals surface area (Å²) in [6.07, 6.45) is 4.07. The van der Waals surface area contributed by atoms with Crippen molar-refractivity contribution in [2.45, 2.75) is 6.42 Å². The average molecular weight is 260 g/mol. The molecule has 19 heavy (non-hydrogen) atoms. The number of nitrogens with zero attached hydrogens (tertiary/aromatic N) is 2. The normalized spacial score (nSPS) is 9.89. The van der Waals surface area contributed by atoms with E-state index < -0.39 is 0 Å². The molecule has 3 N–H and O–H groups in total. The standard InChI is InChI=1S/C14H20N4O/c1-18(2)8-4-7-17-14(19)13-9-12(5-3-6-15)10-16-11-13/h9-11H,4,6-8,15H2,1-2H3,(H,17,19). The summed E-state index contributed by atoms with van der Waals surface area (Å²) in [5.41, 5.74) is 6.52. The topological polar surface area (TPSA) is 71.2 Å². The van der Waals surface area contributed by atoms with Crippen molar-refractivity contribution < 1.29 is 4.79 Å². The summed E-state index contributed by atoms with van der Waals surface area (Å²) in [6.45, 7) is 1.89. The Morgan fingerprint density at radius 2 is 2.26 bits per heavy atom. The second kappa shape index (κ2) is 8.25. The molecular formula is C14H20N4O. The minimum Gasteiger partial charge on any atom is -0.352 e. The highest BCUT2D eigenvalue weighted by molar-refractivity contribution is 5.94. The van der Waals surface area contributed by atoms with Crippen LogP contribution in [0.2, 0.25) is 0 Å². The molecule has 0 aromatic carbocycles. The lowest BCUT2D eigenvalue weighted by Crippen LogP contribution is -2.27. The van der Waals surface area contributed by atoms with E-state index >= 15 is 0 Å². The molecule has 0 saturated carbocycles. The lowest BCUT2D eigenvalue weighted by Gasteiger charge is -2.09. The molecule has 0 aliphatic carbocycles. The minimum absolute atomic E-state index is 0.123. The molecule has 1 amide bonds. The van der Waals surface area contributed by atoms with Crippen molar-refractivity contribution in [1.82, 2.24) is 15.2 Å². The van der Waals surface area contributed by atoms with Gasteiger partial charge in [0, 0.05) is 24.5 Å². The molecule has 5 heteroatoms. The molecule has 0 saturated heterocycles. The summed E-state index contributed by atoms with van der Waals surface area (Å²) in [5, 5.41) is 2.86. The van der Waals surface area contributed by atoms with Crippen molar-refractivity contribution in [3.05, 3.63) is 29.6 Å². The summed E-state index contributed by atoms with van der Waals surface area (Å²) < 4.78 is 0. The van der Waals surface area contributed by atoms with Gasteiger partial charge in [0.15, 0.2) is 0 Å². The Bertz CT molecular complexity index is 474. The monoisotopic (exact) mass is 260 g/mol. The van der Waals surface area contributed by atoms with Gasteiger partial charge < -0.3 is 16.0 Å². The zero-order chi connectivity index (χ0) is 14.1. The van der Waals surface area contributed by atoms with E-state index in [1.54, 1.807) is 12.3 Å². The fourth-order valence-electron chi connectivity index (χ4n) is 1.48. The van der Waals surface area contributed by atoms with E-state index in [0.717, 1.165) is 13.0 Å². The SMILES string of the molecule is CN(C)CCCNC(=O)c1cncc(C#CCN)c1. The molecule has 0 spiro atoms. The summed E-state index contributed by atoms with van der Waals surface area (Å²) in [5.74, 6) is 5.47. The van der Waals surface area contributed by atoms with Gasteiger partial charge in [-0.1, -0.05) is 11.8 Å². The Morgan fingerprint density at radius 1 is 1.47 bits per heavy atom. The molecule has 0 unspecified atom stereocenters. The van der Waals surface area contributed by atoms with Crippen molar-refractivity contribution in [3.63, 3.8) is 0 Å². The van der Waals surface area contributed by atoms with Gasteiger partial charge in [-0.05, 0) is 33.1 Å². The van der Waals surface area contributed by atoms with Gasteiger partial charge in [-0.15, -0.1) is 0 Å². The third kappa shape index (κ3) is 6.00. The minimum atomic E-state index is -0.123. The van der Waals surface area contributed by atoms with Gasteiger partial charge in [-0.3, -0.25) is 9.78 Å². The Labute approximate surface area is 114 Å². The Kier molecular flexibility index (Phi) is 6.58. The first kappa shape index (κ1) is 15.2. The number of aromatic nitrogens is 1. The number of pyridine rings is 1. The number of nitrogens with one attached hydrogen (secondary N) is 1. The maximum Gasteiger partial charge on any atom is 0.252 e. The lowest BCUT2D eigenvalue weighted by atomic mass is 10.2. The van der Waals surface area contributed by atoms with Crippen LogP contribution in [0.5, 0.6) is 0 Å². The first-order valence-electron chi connectivity index (χ1n) is 6.20. The number of rotatable bonds is 5. The van der Waals surface area contributed by atoms with Crippen LogP contribution in [-0.2, 0) is 0 Å². The van der Waals surface area contributed by atoms with Gasteiger partial charge in [-0.2, -0.15) is 0 Å². The van der Waals surface area contributed by atoms with Gasteiger partial charge in [0.25, 0.3) is 5.91 Å². The molecule has 0 fully saturated rings. The van der Waals surface area contributed by atoms with Crippen LogP contribution in [0, 0.1) is 11.8 Å². The molecule has 102 valence electrons. The second-order valence-corrected chi connectivity index (χ2v) is 4.38. The second-order valence-electron chi connectivity index (χ2n) is 4.38. The van der Waals surface area contributed by atoms with E-state index in [9.17, 15) is 4.79 Å².